The monoisotopic (exact) mass is 548 g/mol. The van der Waals surface area contributed by atoms with E-state index in [0.717, 1.165) is 11.3 Å². The molecule has 3 N–H and O–H groups in total. The van der Waals surface area contributed by atoms with Crippen LogP contribution >= 0.6 is 45.9 Å². The summed E-state index contributed by atoms with van der Waals surface area (Å²) < 4.78 is 0. The number of aryl methyl sites for hydroxylation is 1. The molecule has 3 aromatic heterocycles. The van der Waals surface area contributed by atoms with Crippen LogP contribution in [0.3, 0.4) is 0 Å². The number of hydrazone groups is 1. The van der Waals surface area contributed by atoms with Crippen molar-refractivity contribution in [2.45, 2.75) is 13.5 Å². The molecule has 13 heteroatoms. The SMILES string of the molecule is CC(=NNC(=O)c1ccc(C(=O)NCc2cnn(C)n2)s1)c1csc(-c2ccc(Cl)c(Cl)c2)c1O. The van der Waals surface area contributed by atoms with Gasteiger partial charge in [0.1, 0.15) is 11.4 Å². The molecule has 0 fully saturated rings. The molecule has 0 radical (unpaired) electrons. The van der Waals surface area contributed by atoms with Gasteiger partial charge in [0.05, 0.1) is 48.7 Å². The van der Waals surface area contributed by atoms with Crippen molar-refractivity contribution in [3.05, 3.63) is 73.0 Å². The maximum absolute atomic E-state index is 12.5. The summed E-state index contributed by atoms with van der Waals surface area (Å²) in [5, 5.41) is 28.1. The molecule has 0 saturated heterocycles. The summed E-state index contributed by atoms with van der Waals surface area (Å²) in [4.78, 5) is 27.6. The molecule has 2 amide bonds. The van der Waals surface area contributed by atoms with Crippen LogP contribution in [0.5, 0.6) is 5.75 Å². The van der Waals surface area contributed by atoms with Gasteiger partial charge in [-0.25, -0.2) is 5.43 Å². The lowest BCUT2D eigenvalue weighted by molar-refractivity contribution is 0.0949. The van der Waals surface area contributed by atoms with Crippen molar-refractivity contribution in [1.82, 2.24) is 25.7 Å². The molecule has 9 nitrogen and oxygen atoms in total. The summed E-state index contributed by atoms with van der Waals surface area (Å²) in [6, 6.07) is 8.20. The van der Waals surface area contributed by atoms with E-state index >= 15 is 0 Å². The van der Waals surface area contributed by atoms with Crippen LogP contribution in [0.4, 0.5) is 0 Å². The number of aromatic nitrogens is 3. The van der Waals surface area contributed by atoms with Crippen LogP contribution in [0.2, 0.25) is 10.0 Å². The fourth-order valence-electron chi connectivity index (χ4n) is 3.01. The number of benzene rings is 1. The van der Waals surface area contributed by atoms with E-state index in [1.807, 2.05) is 0 Å². The average molecular weight is 549 g/mol. The molecule has 0 bridgehead atoms. The first-order valence-corrected chi connectivity index (χ1v) is 12.5. The Morgan fingerprint density at radius 3 is 2.57 bits per heavy atom. The van der Waals surface area contributed by atoms with Crippen molar-refractivity contribution in [1.29, 1.82) is 0 Å². The molecule has 0 aliphatic heterocycles. The Morgan fingerprint density at radius 1 is 1.14 bits per heavy atom. The van der Waals surface area contributed by atoms with Crippen molar-refractivity contribution in [3.8, 4) is 16.2 Å². The third kappa shape index (κ3) is 5.70. The van der Waals surface area contributed by atoms with Crippen LogP contribution in [0.25, 0.3) is 10.4 Å². The van der Waals surface area contributed by atoms with Gasteiger partial charge in [0.15, 0.2) is 0 Å². The van der Waals surface area contributed by atoms with Gasteiger partial charge in [0.25, 0.3) is 11.8 Å². The Hall–Kier alpha value is -3.25. The third-order valence-electron chi connectivity index (χ3n) is 4.79. The van der Waals surface area contributed by atoms with Crippen molar-refractivity contribution in [2.24, 2.45) is 12.1 Å². The lowest BCUT2D eigenvalue weighted by Crippen LogP contribution is -2.22. The fraction of sp³-hybridized carbons (Fsp3) is 0.136. The minimum atomic E-state index is -0.471. The highest BCUT2D eigenvalue weighted by molar-refractivity contribution is 7.16. The summed E-state index contributed by atoms with van der Waals surface area (Å²) >= 11 is 14.4. The zero-order chi connectivity index (χ0) is 25.1. The quantitative estimate of drug-likeness (QED) is 0.228. The molecule has 1 aromatic carbocycles. The number of nitrogens with one attached hydrogen (secondary N) is 2. The normalized spacial score (nSPS) is 11.5. The lowest BCUT2D eigenvalue weighted by atomic mass is 10.1. The first kappa shape index (κ1) is 24.9. The van der Waals surface area contributed by atoms with Crippen molar-refractivity contribution in [3.63, 3.8) is 0 Å². The molecule has 3 heterocycles. The summed E-state index contributed by atoms with van der Waals surface area (Å²) in [7, 11) is 1.69. The zero-order valence-electron chi connectivity index (χ0n) is 18.4. The number of thiophene rings is 2. The van der Waals surface area contributed by atoms with Crippen LogP contribution in [0.1, 0.15) is 37.5 Å². The van der Waals surface area contributed by atoms with Crippen molar-refractivity contribution >= 4 is 63.4 Å². The standard InChI is InChI=1S/C22H18Cl2N6O3S2/c1-11(14-10-34-20(19(14)31)12-3-4-15(23)16(24)7-12)27-28-22(33)18-6-5-17(35-18)21(32)25-8-13-9-26-30(2)29-13/h3-7,9-10,31H,8H2,1-2H3,(H,25,32)(H,28,33). The maximum atomic E-state index is 12.5. The number of amides is 2. The van der Waals surface area contributed by atoms with Crippen LogP contribution in [-0.4, -0.2) is 37.6 Å². The predicted octanol–water partition coefficient (Wildman–Crippen LogP) is 4.70. The first-order valence-electron chi connectivity index (χ1n) is 10.1. The molecule has 35 heavy (non-hydrogen) atoms. The van der Waals surface area contributed by atoms with Crippen molar-refractivity contribution in [2.75, 3.05) is 0 Å². The van der Waals surface area contributed by atoms with Crippen molar-refractivity contribution < 1.29 is 14.7 Å². The Labute approximate surface area is 218 Å². The molecule has 4 aromatic rings. The number of halogens is 2. The maximum Gasteiger partial charge on any atom is 0.281 e. The van der Waals surface area contributed by atoms with Crippen LogP contribution in [0, 0.1) is 0 Å². The molecule has 0 spiro atoms. The van der Waals surface area contributed by atoms with E-state index in [1.165, 1.54) is 16.1 Å². The van der Waals surface area contributed by atoms with Crippen LogP contribution in [0.15, 0.2) is 47.0 Å². The minimum Gasteiger partial charge on any atom is -0.506 e. The minimum absolute atomic E-state index is 0.0297. The van der Waals surface area contributed by atoms with Gasteiger partial charge in [-0.3, -0.25) is 9.59 Å². The summed E-state index contributed by atoms with van der Waals surface area (Å²) in [6.07, 6.45) is 1.56. The number of nitrogens with zero attached hydrogens (tertiary/aromatic N) is 4. The predicted molar refractivity (Wildman–Crippen MR) is 138 cm³/mol. The molecule has 180 valence electrons. The number of aromatic hydroxyl groups is 1. The molecule has 0 saturated carbocycles. The highest BCUT2D eigenvalue weighted by Gasteiger charge is 2.17. The largest absolute Gasteiger partial charge is 0.506 e. The highest BCUT2D eigenvalue weighted by Crippen LogP contribution is 2.40. The molecule has 0 unspecified atom stereocenters. The number of rotatable bonds is 7. The van der Waals surface area contributed by atoms with E-state index in [0.29, 0.717) is 47.2 Å². The van der Waals surface area contributed by atoms with E-state index in [9.17, 15) is 14.7 Å². The van der Waals surface area contributed by atoms with E-state index in [-0.39, 0.29) is 18.2 Å². The topological polar surface area (TPSA) is 122 Å². The summed E-state index contributed by atoms with van der Waals surface area (Å²) in [5.74, 6) is -0.763. The smallest absolute Gasteiger partial charge is 0.281 e. The Kier molecular flexibility index (Phi) is 7.51. The highest BCUT2D eigenvalue weighted by atomic mass is 35.5. The second-order valence-electron chi connectivity index (χ2n) is 7.27. The second kappa shape index (κ2) is 10.6. The van der Waals surface area contributed by atoms with E-state index < -0.39 is 5.91 Å². The van der Waals surface area contributed by atoms with Crippen LogP contribution < -0.4 is 10.7 Å². The molecule has 0 aliphatic carbocycles. The molecule has 0 aliphatic rings. The number of hydrogen-bond donors (Lipinski definition) is 3. The molecular weight excluding hydrogens is 531 g/mol. The van der Waals surface area contributed by atoms with Gasteiger partial charge in [-0.15, -0.1) is 22.7 Å². The van der Waals surface area contributed by atoms with Gasteiger partial charge >= 0.3 is 0 Å². The Bertz CT molecular complexity index is 1440. The number of carbonyl (C=O) groups is 2. The van der Waals surface area contributed by atoms with Gasteiger partial charge in [0, 0.05) is 12.4 Å². The second-order valence-corrected chi connectivity index (χ2v) is 10.0. The van der Waals surface area contributed by atoms with Gasteiger partial charge in [-0.1, -0.05) is 29.3 Å². The molecule has 0 atom stereocenters. The van der Waals surface area contributed by atoms with Gasteiger partial charge in [-0.05, 0) is 36.8 Å². The first-order chi connectivity index (χ1) is 16.7. The fourth-order valence-corrected chi connectivity index (χ4v) is 5.12. The van der Waals surface area contributed by atoms with E-state index in [4.69, 9.17) is 23.2 Å². The molecule has 4 rings (SSSR count). The van der Waals surface area contributed by atoms with Gasteiger partial charge in [-0.2, -0.15) is 20.1 Å². The Morgan fingerprint density at radius 2 is 1.89 bits per heavy atom. The lowest BCUT2D eigenvalue weighted by Gasteiger charge is -2.04. The Balaban J connectivity index is 1.40. The zero-order valence-corrected chi connectivity index (χ0v) is 21.5. The van der Waals surface area contributed by atoms with E-state index in [2.05, 4.69) is 26.0 Å². The average Bonchev–Trinajstić information content (AvgIpc) is 3.57. The van der Waals surface area contributed by atoms with Crippen LogP contribution in [-0.2, 0) is 13.6 Å². The summed E-state index contributed by atoms with van der Waals surface area (Å²) in [5.41, 5.74) is 4.70. The molecular formula is C22H18Cl2N6O3S2. The van der Waals surface area contributed by atoms with E-state index in [1.54, 1.807) is 55.9 Å². The van der Waals surface area contributed by atoms with Gasteiger partial charge < -0.3 is 10.4 Å². The summed E-state index contributed by atoms with van der Waals surface area (Å²) in [6.45, 7) is 1.89. The number of hydrogen-bond acceptors (Lipinski definition) is 8. The third-order valence-corrected chi connectivity index (χ3v) is 7.63. The van der Waals surface area contributed by atoms with Gasteiger partial charge in [0.2, 0.25) is 0 Å². The number of carbonyl (C=O) groups excluding carboxylic acids is 2.